The molecular formula is C11H14N4O2. The highest BCUT2D eigenvalue weighted by molar-refractivity contribution is 5.42. The molecule has 0 fully saturated rings. The van der Waals surface area contributed by atoms with E-state index in [1.54, 1.807) is 7.11 Å². The topological polar surface area (TPSA) is 75.2 Å². The number of rotatable bonds is 4. The molecule has 0 radical (unpaired) electrons. The van der Waals surface area contributed by atoms with Crippen LogP contribution in [0, 0.1) is 0 Å². The van der Waals surface area contributed by atoms with Gasteiger partial charge in [-0.05, 0) is 19.1 Å². The van der Waals surface area contributed by atoms with Crippen molar-refractivity contribution in [3.63, 3.8) is 0 Å². The normalized spacial score (nSPS) is 10.2. The Morgan fingerprint density at radius 1 is 1.41 bits per heavy atom. The molecule has 90 valence electrons. The van der Waals surface area contributed by atoms with Crippen LogP contribution < -0.4 is 15.2 Å². The average Bonchev–Trinajstić information content (AvgIpc) is 2.71. The van der Waals surface area contributed by atoms with Gasteiger partial charge in [0.25, 0.3) is 0 Å². The zero-order chi connectivity index (χ0) is 12.3. The summed E-state index contributed by atoms with van der Waals surface area (Å²) in [5.74, 6) is 1.01. The Labute approximate surface area is 99.0 Å². The predicted octanol–water partition coefficient (Wildman–Crippen LogP) is 1.26. The maximum Gasteiger partial charge on any atom is 0.337 e. The van der Waals surface area contributed by atoms with Crippen molar-refractivity contribution in [3.05, 3.63) is 24.3 Å². The largest absolute Gasteiger partial charge is 0.497 e. The number of nitrogens with zero attached hydrogens (tertiary/aromatic N) is 3. The van der Waals surface area contributed by atoms with E-state index < -0.39 is 0 Å². The van der Waals surface area contributed by atoms with E-state index in [-0.39, 0.29) is 12.0 Å². The summed E-state index contributed by atoms with van der Waals surface area (Å²) in [6, 6.07) is 7.66. The first-order valence-corrected chi connectivity index (χ1v) is 5.24. The number of methoxy groups -OCH3 is 1. The number of hydrogen-bond donors (Lipinski definition) is 1. The highest BCUT2D eigenvalue weighted by Crippen LogP contribution is 2.19. The summed E-state index contributed by atoms with van der Waals surface area (Å²) in [5, 5.41) is 4.15. The summed E-state index contributed by atoms with van der Waals surface area (Å²) in [6.07, 6.45) is 0. The fraction of sp³-hybridized carbons (Fsp3) is 0.273. The van der Waals surface area contributed by atoms with Gasteiger partial charge in [0, 0.05) is 6.07 Å². The maximum absolute atomic E-state index is 5.76. The number of nitrogen functional groups attached to an aromatic ring is 1. The van der Waals surface area contributed by atoms with E-state index in [1.165, 1.54) is 4.68 Å². The Kier molecular flexibility index (Phi) is 3.13. The molecule has 2 rings (SSSR count). The van der Waals surface area contributed by atoms with E-state index in [1.807, 2.05) is 31.2 Å². The molecule has 17 heavy (non-hydrogen) atoms. The van der Waals surface area contributed by atoms with E-state index >= 15 is 0 Å². The third kappa shape index (κ3) is 2.30. The van der Waals surface area contributed by atoms with Crippen molar-refractivity contribution in [2.75, 3.05) is 19.5 Å². The van der Waals surface area contributed by atoms with Crippen molar-refractivity contribution < 1.29 is 9.47 Å². The molecule has 0 aliphatic heterocycles. The Balaban J connectivity index is 2.37. The second-order valence-corrected chi connectivity index (χ2v) is 3.30. The van der Waals surface area contributed by atoms with Crippen LogP contribution in [0.15, 0.2) is 24.3 Å². The van der Waals surface area contributed by atoms with E-state index in [2.05, 4.69) is 10.1 Å². The average molecular weight is 234 g/mol. The Morgan fingerprint density at radius 3 is 2.94 bits per heavy atom. The van der Waals surface area contributed by atoms with Gasteiger partial charge in [0.05, 0.1) is 19.4 Å². The number of nitrogens with two attached hydrogens (primary N) is 1. The number of benzene rings is 1. The molecule has 1 aromatic carbocycles. The highest BCUT2D eigenvalue weighted by Gasteiger charge is 2.09. The zero-order valence-electron chi connectivity index (χ0n) is 9.75. The molecule has 6 heteroatoms. The molecule has 6 nitrogen and oxygen atoms in total. The second-order valence-electron chi connectivity index (χ2n) is 3.30. The molecule has 0 aliphatic rings. The fourth-order valence-corrected chi connectivity index (χ4v) is 1.43. The molecule has 0 spiro atoms. The Hall–Kier alpha value is -2.24. The first-order chi connectivity index (χ1) is 8.24. The third-order valence-corrected chi connectivity index (χ3v) is 2.18. The van der Waals surface area contributed by atoms with Crippen LogP contribution in [0.1, 0.15) is 6.92 Å². The van der Waals surface area contributed by atoms with E-state index in [4.69, 9.17) is 15.2 Å². The summed E-state index contributed by atoms with van der Waals surface area (Å²) in [4.78, 5) is 4.00. The maximum atomic E-state index is 5.76. The van der Waals surface area contributed by atoms with Gasteiger partial charge in [-0.2, -0.15) is 9.67 Å². The van der Waals surface area contributed by atoms with Crippen molar-refractivity contribution in [2.45, 2.75) is 6.92 Å². The van der Waals surface area contributed by atoms with Crippen LogP contribution in [-0.2, 0) is 0 Å². The van der Waals surface area contributed by atoms with Crippen LogP contribution in [0.5, 0.6) is 11.8 Å². The molecule has 0 amide bonds. The summed E-state index contributed by atoms with van der Waals surface area (Å²) in [7, 11) is 1.61. The summed E-state index contributed by atoms with van der Waals surface area (Å²) < 4.78 is 11.8. The molecule has 0 saturated heterocycles. The van der Waals surface area contributed by atoms with Crippen LogP contribution in [0.3, 0.4) is 0 Å². The smallest absolute Gasteiger partial charge is 0.337 e. The predicted molar refractivity (Wildman–Crippen MR) is 63.5 cm³/mol. The molecule has 0 unspecified atom stereocenters. The molecule has 1 aromatic heterocycles. The minimum Gasteiger partial charge on any atom is -0.497 e. The van der Waals surface area contributed by atoms with Gasteiger partial charge in [0.1, 0.15) is 5.75 Å². The first-order valence-electron chi connectivity index (χ1n) is 5.24. The Bertz CT molecular complexity index is 510. The fourth-order valence-electron chi connectivity index (χ4n) is 1.43. The lowest BCUT2D eigenvalue weighted by Crippen LogP contribution is -2.02. The van der Waals surface area contributed by atoms with Crippen molar-refractivity contribution in [1.82, 2.24) is 14.8 Å². The van der Waals surface area contributed by atoms with E-state index in [0.29, 0.717) is 6.61 Å². The molecule has 0 saturated carbocycles. The monoisotopic (exact) mass is 234 g/mol. The molecular weight excluding hydrogens is 220 g/mol. The van der Waals surface area contributed by atoms with Crippen LogP contribution in [0.4, 0.5) is 5.95 Å². The summed E-state index contributed by atoms with van der Waals surface area (Å²) in [5.41, 5.74) is 6.54. The quantitative estimate of drug-likeness (QED) is 0.861. The number of anilines is 1. The molecule has 1 heterocycles. The van der Waals surface area contributed by atoms with Gasteiger partial charge >= 0.3 is 6.01 Å². The summed E-state index contributed by atoms with van der Waals surface area (Å²) in [6.45, 7) is 2.37. The molecule has 0 atom stereocenters. The van der Waals surface area contributed by atoms with Crippen molar-refractivity contribution in [3.8, 4) is 17.4 Å². The lowest BCUT2D eigenvalue weighted by atomic mass is 10.3. The second kappa shape index (κ2) is 4.73. The standard InChI is InChI=1S/C11H14N4O2/c1-3-17-11-13-10(12)15(14-11)8-5-4-6-9(7-8)16-2/h4-7H,3H2,1-2H3,(H2,12,13,14). The SMILES string of the molecule is CCOc1nc(N)n(-c2cccc(OC)c2)n1. The zero-order valence-corrected chi connectivity index (χ0v) is 9.75. The van der Waals surface area contributed by atoms with Crippen LogP contribution in [0.2, 0.25) is 0 Å². The molecule has 2 N–H and O–H groups in total. The lowest BCUT2D eigenvalue weighted by Gasteiger charge is -2.04. The van der Waals surface area contributed by atoms with E-state index in [9.17, 15) is 0 Å². The van der Waals surface area contributed by atoms with Crippen molar-refractivity contribution >= 4 is 5.95 Å². The van der Waals surface area contributed by atoms with Gasteiger partial charge in [0.2, 0.25) is 5.95 Å². The lowest BCUT2D eigenvalue weighted by molar-refractivity contribution is 0.312. The van der Waals surface area contributed by atoms with Gasteiger partial charge < -0.3 is 15.2 Å². The van der Waals surface area contributed by atoms with Gasteiger partial charge in [-0.1, -0.05) is 6.07 Å². The number of hydrogen-bond acceptors (Lipinski definition) is 5. The minimum atomic E-state index is 0.271. The van der Waals surface area contributed by atoms with E-state index in [0.717, 1.165) is 11.4 Å². The minimum absolute atomic E-state index is 0.271. The van der Waals surface area contributed by atoms with Crippen LogP contribution in [0.25, 0.3) is 5.69 Å². The number of aromatic nitrogens is 3. The highest BCUT2D eigenvalue weighted by atomic mass is 16.5. The van der Waals surface area contributed by atoms with Gasteiger partial charge in [-0.25, -0.2) is 0 Å². The van der Waals surface area contributed by atoms with Crippen molar-refractivity contribution in [1.29, 1.82) is 0 Å². The first kappa shape index (κ1) is 11.3. The van der Waals surface area contributed by atoms with Gasteiger partial charge in [0.15, 0.2) is 0 Å². The molecule has 0 aliphatic carbocycles. The van der Waals surface area contributed by atoms with Gasteiger partial charge in [-0.3, -0.25) is 0 Å². The third-order valence-electron chi connectivity index (χ3n) is 2.18. The van der Waals surface area contributed by atoms with Gasteiger partial charge in [-0.15, -0.1) is 5.10 Å². The number of ether oxygens (including phenoxy) is 2. The Morgan fingerprint density at radius 2 is 2.24 bits per heavy atom. The molecule has 0 bridgehead atoms. The van der Waals surface area contributed by atoms with Crippen LogP contribution >= 0.6 is 0 Å². The van der Waals surface area contributed by atoms with Crippen molar-refractivity contribution in [2.24, 2.45) is 0 Å². The van der Waals surface area contributed by atoms with Crippen LogP contribution in [-0.4, -0.2) is 28.5 Å². The summed E-state index contributed by atoms with van der Waals surface area (Å²) >= 11 is 0. The molecule has 2 aromatic rings.